The first-order chi connectivity index (χ1) is 5.76. The molecule has 1 aromatic rings. The molecule has 0 bridgehead atoms. The van der Waals surface area contributed by atoms with Gasteiger partial charge in [-0.05, 0) is 12.5 Å². The van der Waals surface area contributed by atoms with Gasteiger partial charge < -0.3 is 4.74 Å². The van der Waals surface area contributed by atoms with Crippen LogP contribution in [0.3, 0.4) is 0 Å². The standard InChI is InChI=1S/C9H14N2O/c1-4-9(12-3)7-11-6-8(2)5-10-11/h4-6,9H,1,7H2,2-3H3. The molecule has 0 fully saturated rings. The fourth-order valence-corrected chi connectivity index (χ4v) is 0.996. The Morgan fingerprint density at radius 3 is 3.00 bits per heavy atom. The lowest BCUT2D eigenvalue weighted by Gasteiger charge is -2.09. The Morgan fingerprint density at radius 1 is 1.83 bits per heavy atom. The monoisotopic (exact) mass is 166 g/mol. The van der Waals surface area contributed by atoms with E-state index in [-0.39, 0.29) is 6.10 Å². The van der Waals surface area contributed by atoms with Gasteiger partial charge in [0, 0.05) is 13.3 Å². The molecular formula is C9H14N2O. The molecule has 1 heterocycles. The number of aryl methyl sites for hydroxylation is 1. The number of ether oxygens (including phenoxy) is 1. The highest BCUT2D eigenvalue weighted by molar-refractivity contribution is 4.99. The highest BCUT2D eigenvalue weighted by Crippen LogP contribution is 1.99. The summed E-state index contributed by atoms with van der Waals surface area (Å²) in [6.07, 6.45) is 5.63. The minimum absolute atomic E-state index is 0.0456. The maximum atomic E-state index is 5.13. The zero-order chi connectivity index (χ0) is 8.97. The van der Waals surface area contributed by atoms with Crippen molar-refractivity contribution in [1.29, 1.82) is 0 Å². The minimum atomic E-state index is 0.0456. The van der Waals surface area contributed by atoms with Gasteiger partial charge in [0.2, 0.25) is 0 Å². The van der Waals surface area contributed by atoms with Crippen molar-refractivity contribution in [2.75, 3.05) is 7.11 Å². The first-order valence-corrected chi connectivity index (χ1v) is 3.90. The number of nitrogens with zero attached hydrogens (tertiary/aromatic N) is 2. The third kappa shape index (κ3) is 2.20. The maximum absolute atomic E-state index is 5.13. The van der Waals surface area contributed by atoms with E-state index in [0.29, 0.717) is 0 Å². The second-order valence-electron chi connectivity index (χ2n) is 2.75. The van der Waals surface area contributed by atoms with Gasteiger partial charge in [-0.2, -0.15) is 5.10 Å². The maximum Gasteiger partial charge on any atom is 0.0945 e. The Morgan fingerprint density at radius 2 is 2.58 bits per heavy atom. The van der Waals surface area contributed by atoms with Gasteiger partial charge in [-0.25, -0.2) is 0 Å². The van der Waals surface area contributed by atoms with Crippen molar-refractivity contribution in [3.63, 3.8) is 0 Å². The average molecular weight is 166 g/mol. The Hall–Kier alpha value is -1.09. The number of rotatable bonds is 4. The first-order valence-electron chi connectivity index (χ1n) is 3.90. The number of methoxy groups -OCH3 is 1. The fourth-order valence-electron chi connectivity index (χ4n) is 0.996. The Labute approximate surface area is 72.7 Å². The molecule has 0 aliphatic heterocycles. The van der Waals surface area contributed by atoms with Crippen LogP contribution in [0.1, 0.15) is 5.56 Å². The van der Waals surface area contributed by atoms with Gasteiger partial charge in [-0.15, -0.1) is 6.58 Å². The van der Waals surface area contributed by atoms with Crippen molar-refractivity contribution in [2.24, 2.45) is 0 Å². The Bertz CT molecular complexity index is 255. The summed E-state index contributed by atoms with van der Waals surface area (Å²) in [5.41, 5.74) is 1.16. The lowest BCUT2D eigenvalue weighted by atomic mass is 10.3. The van der Waals surface area contributed by atoms with Gasteiger partial charge in [-0.3, -0.25) is 4.68 Å². The van der Waals surface area contributed by atoms with Crippen LogP contribution in [0.25, 0.3) is 0 Å². The molecule has 0 aliphatic rings. The van der Waals surface area contributed by atoms with Crippen LogP contribution in [0.2, 0.25) is 0 Å². The van der Waals surface area contributed by atoms with Crippen LogP contribution < -0.4 is 0 Å². The second kappa shape index (κ2) is 4.07. The average Bonchev–Trinajstić information content (AvgIpc) is 2.47. The molecule has 0 aliphatic carbocycles. The van der Waals surface area contributed by atoms with Crippen molar-refractivity contribution in [3.8, 4) is 0 Å². The van der Waals surface area contributed by atoms with Crippen LogP contribution >= 0.6 is 0 Å². The largest absolute Gasteiger partial charge is 0.375 e. The lowest BCUT2D eigenvalue weighted by molar-refractivity contribution is 0.122. The molecular weight excluding hydrogens is 152 g/mol. The van der Waals surface area contributed by atoms with Crippen molar-refractivity contribution in [3.05, 3.63) is 30.6 Å². The van der Waals surface area contributed by atoms with Gasteiger partial charge >= 0.3 is 0 Å². The quantitative estimate of drug-likeness (QED) is 0.632. The van der Waals surface area contributed by atoms with Crippen LogP contribution in [-0.2, 0) is 11.3 Å². The van der Waals surface area contributed by atoms with E-state index >= 15 is 0 Å². The van der Waals surface area contributed by atoms with E-state index in [1.165, 1.54) is 0 Å². The van der Waals surface area contributed by atoms with E-state index in [0.717, 1.165) is 12.1 Å². The summed E-state index contributed by atoms with van der Waals surface area (Å²) in [6.45, 7) is 6.41. The fraction of sp³-hybridized carbons (Fsp3) is 0.444. The predicted octanol–water partition coefficient (Wildman–Crippen LogP) is 1.39. The first kappa shape index (κ1) is 9.00. The molecule has 3 heteroatoms. The summed E-state index contributed by atoms with van der Waals surface area (Å²) in [6, 6.07) is 0. The SMILES string of the molecule is C=CC(Cn1cc(C)cn1)OC. The summed E-state index contributed by atoms with van der Waals surface area (Å²) in [7, 11) is 1.67. The highest BCUT2D eigenvalue weighted by Gasteiger charge is 2.02. The van der Waals surface area contributed by atoms with Gasteiger partial charge in [-0.1, -0.05) is 6.08 Å². The van der Waals surface area contributed by atoms with Crippen molar-refractivity contribution in [1.82, 2.24) is 9.78 Å². The van der Waals surface area contributed by atoms with E-state index in [4.69, 9.17) is 4.74 Å². The van der Waals surface area contributed by atoms with Gasteiger partial charge in [0.1, 0.15) is 0 Å². The van der Waals surface area contributed by atoms with Crippen LogP contribution in [0.5, 0.6) is 0 Å². The summed E-state index contributed by atoms with van der Waals surface area (Å²) < 4.78 is 6.99. The van der Waals surface area contributed by atoms with E-state index in [2.05, 4.69) is 11.7 Å². The number of hydrogen-bond donors (Lipinski definition) is 0. The van der Waals surface area contributed by atoms with Gasteiger partial charge in [0.15, 0.2) is 0 Å². The topological polar surface area (TPSA) is 27.1 Å². The molecule has 1 atom stereocenters. The van der Waals surface area contributed by atoms with E-state index in [1.54, 1.807) is 13.2 Å². The van der Waals surface area contributed by atoms with E-state index < -0.39 is 0 Å². The van der Waals surface area contributed by atoms with Crippen molar-refractivity contribution >= 4 is 0 Å². The summed E-state index contributed by atoms with van der Waals surface area (Å²) in [5, 5.41) is 4.14. The van der Waals surface area contributed by atoms with E-state index in [1.807, 2.05) is 24.0 Å². The molecule has 0 saturated carbocycles. The van der Waals surface area contributed by atoms with Crippen molar-refractivity contribution < 1.29 is 4.74 Å². The van der Waals surface area contributed by atoms with Crippen LogP contribution in [0, 0.1) is 6.92 Å². The highest BCUT2D eigenvalue weighted by atomic mass is 16.5. The van der Waals surface area contributed by atoms with Crippen molar-refractivity contribution in [2.45, 2.75) is 19.6 Å². The Kier molecular flexibility index (Phi) is 3.05. The normalized spacial score (nSPS) is 12.8. The third-order valence-electron chi connectivity index (χ3n) is 1.69. The number of hydrogen-bond acceptors (Lipinski definition) is 2. The molecule has 0 amide bonds. The molecule has 3 nitrogen and oxygen atoms in total. The molecule has 1 rings (SSSR count). The van der Waals surface area contributed by atoms with Crippen LogP contribution in [0.15, 0.2) is 25.0 Å². The van der Waals surface area contributed by atoms with Gasteiger partial charge in [0.05, 0.1) is 18.8 Å². The molecule has 12 heavy (non-hydrogen) atoms. The zero-order valence-corrected chi connectivity index (χ0v) is 7.53. The zero-order valence-electron chi connectivity index (χ0n) is 7.53. The van der Waals surface area contributed by atoms with E-state index in [9.17, 15) is 0 Å². The summed E-state index contributed by atoms with van der Waals surface area (Å²) in [5.74, 6) is 0. The molecule has 0 spiro atoms. The van der Waals surface area contributed by atoms with Gasteiger partial charge in [0.25, 0.3) is 0 Å². The molecule has 0 aromatic carbocycles. The summed E-state index contributed by atoms with van der Waals surface area (Å²) in [4.78, 5) is 0. The third-order valence-corrected chi connectivity index (χ3v) is 1.69. The summed E-state index contributed by atoms with van der Waals surface area (Å²) >= 11 is 0. The minimum Gasteiger partial charge on any atom is -0.375 e. The molecule has 1 unspecified atom stereocenters. The molecule has 0 radical (unpaired) electrons. The molecule has 0 saturated heterocycles. The second-order valence-corrected chi connectivity index (χ2v) is 2.75. The molecule has 0 N–H and O–H groups in total. The van der Waals surface area contributed by atoms with Crippen LogP contribution in [0.4, 0.5) is 0 Å². The van der Waals surface area contributed by atoms with Crippen LogP contribution in [-0.4, -0.2) is 23.0 Å². The lowest BCUT2D eigenvalue weighted by Crippen LogP contribution is -2.15. The molecule has 1 aromatic heterocycles. The molecule has 66 valence electrons. The predicted molar refractivity (Wildman–Crippen MR) is 48.0 cm³/mol. The smallest absolute Gasteiger partial charge is 0.0945 e. The number of aromatic nitrogens is 2. The Balaban J connectivity index is 2.56.